The van der Waals surface area contributed by atoms with E-state index < -0.39 is 17.5 Å². The van der Waals surface area contributed by atoms with E-state index in [1.807, 2.05) is 0 Å². The van der Waals surface area contributed by atoms with E-state index in [1.165, 1.54) is 0 Å². The average molecular weight is 228 g/mol. The van der Waals surface area contributed by atoms with Gasteiger partial charge >= 0.3 is 0 Å². The lowest BCUT2D eigenvalue weighted by Gasteiger charge is -2.06. The van der Waals surface area contributed by atoms with Crippen molar-refractivity contribution in [2.24, 2.45) is 0 Å². The molecular weight excluding hydrogens is 215 g/mol. The average Bonchev–Trinajstić information content (AvgIpc) is 2.22. The molecule has 88 valence electrons. The van der Waals surface area contributed by atoms with E-state index in [1.54, 1.807) is 0 Å². The Balaban J connectivity index is 3.44. The van der Waals surface area contributed by atoms with E-state index in [-0.39, 0.29) is 32.9 Å². The van der Waals surface area contributed by atoms with Crippen molar-refractivity contribution < 1.29 is 24.2 Å². The monoisotopic (exact) mass is 228 g/mol. The van der Waals surface area contributed by atoms with Crippen LogP contribution in [-0.2, 0) is 19.1 Å². The Hall–Kier alpha value is -1.41. The maximum absolute atomic E-state index is 11.0. The molecule has 2 amide bonds. The molecule has 0 aliphatic carbocycles. The van der Waals surface area contributed by atoms with E-state index in [0.717, 1.165) is 0 Å². The third kappa shape index (κ3) is 9.16. The van der Waals surface area contributed by atoms with Crippen LogP contribution < -0.4 is 10.6 Å². The number of aliphatic hydroxyl groups excluding tert-OH is 1. The Morgan fingerprint density at radius 2 is 1.88 bits per heavy atom. The highest BCUT2D eigenvalue weighted by molar-refractivity contribution is 6.58. The van der Waals surface area contributed by atoms with Crippen LogP contribution >= 0.6 is 0 Å². The summed E-state index contributed by atoms with van der Waals surface area (Å²) in [6.45, 7) is -0.914. The third-order valence-corrected chi connectivity index (χ3v) is 1.40. The topological polar surface area (TPSA) is 105 Å². The third-order valence-electron chi connectivity index (χ3n) is 1.40. The molecule has 0 atom stereocenters. The van der Waals surface area contributed by atoms with Crippen LogP contribution in [0.2, 0.25) is 0 Å². The molecule has 0 saturated heterocycles. The zero-order valence-electron chi connectivity index (χ0n) is 8.69. The molecule has 0 saturated carbocycles. The first-order valence-corrected chi connectivity index (χ1v) is 4.56. The maximum Gasteiger partial charge on any atom is 0.241 e. The Bertz CT molecular complexity index is 259. The van der Waals surface area contributed by atoms with Gasteiger partial charge in [-0.3, -0.25) is 9.59 Å². The van der Waals surface area contributed by atoms with Crippen molar-refractivity contribution in [1.29, 1.82) is 0 Å². The van der Waals surface area contributed by atoms with Crippen molar-refractivity contribution in [2.45, 2.75) is 6.42 Å². The first kappa shape index (κ1) is 14.6. The van der Waals surface area contributed by atoms with Crippen LogP contribution in [0.25, 0.3) is 0 Å². The largest absolute Gasteiger partial charge is 0.396 e. The number of hydrogen-bond acceptors (Lipinski definition) is 5. The minimum Gasteiger partial charge on any atom is -0.396 e. The number of hydrogen-bond donors (Lipinski definition) is 3. The molecule has 3 N–H and O–H groups in total. The number of amides is 2. The molecule has 0 heterocycles. The summed E-state index contributed by atoms with van der Waals surface area (Å²) in [5, 5.41) is 13.0. The Morgan fingerprint density at radius 1 is 1.19 bits per heavy atom. The van der Waals surface area contributed by atoms with Crippen LogP contribution in [-0.4, -0.2) is 56.9 Å². The smallest absolute Gasteiger partial charge is 0.241 e. The second kappa shape index (κ2) is 8.87. The second-order valence-corrected chi connectivity index (χ2v) is 2.81. The van der Waals surface area contributed by atoms with Gasteiger partial charge < -0.3 is 25.3 Å². The van der Waals surface area contributed by atoms with E-state index in [2.05, 4.69) is 15.4 Å². The van der Waals surface area contributed by atoms with Gasteiger partial charge in [0, 0.05) is 6.42 Å². The molecule has 7 nitrogen and oxygen atoms in total. The van der Waals surface area contributed by atoms with Crippen LogP contribution in [0.3, 0.4) is 0 Å². The van der Waals surface area contributed by atoms with Crippen LogP contribution in [0.4, 0.5) is 0 Å². The molecule has 0 aliphatic rings. The highest BCUT2D eigenvalue weighted by atomic mass is 16.5. The minimum absolute atomic E-state index is 0.0501. The normalized spacial score (nSPS) is 9.56. The number of nitrogens with one attached hydrogen (secondary N) is 2. The lowest BCUT2D eigenvalue weighted by atomic mass is 10.1. The first-order valence-electron chi connectivity index (χ1n) is 4.56. The van der Waals surface area contributed by atoms with Gasteiger partial charge in [-0.25, -0.2) is 0 Å². The lowest BCUT2D eigenvalue weighted by Crippen LogP contribution is -2.38. The zero-order valence-corrected chi connectivity index (χ0v) is 8.69. The molecule has 2 radical (unpaired) electrons. The van der Waals surface area contributed by atoms with Crippen molar-refractivity contribution >= 4 is 25.3 Å². The molecular formula is C8H13BN2O5. The predicted molar refractivity (Wildman–Crippen MR) is 54.4 cm³/mol. The van der Waals surface area contributed by atoms with Crippen LogP contribution in [0.5, 0.6) is 0 Å². The number of aliphatic hydroxyl groups is 1. The number of carbonyl (C=O) groups excluding carboxylic acids is 3. The number of carbonyl (C=O) groups is 3. The number of ether oxygens (including phenoxy) is 1. The molecule has 0 rings (SSSR count). The Kier molecular flexibility index (Phi) is 8.09. The molecule has 0 bridgehead atoms. The molecule has 0 spiro atoms. The molecule has 16 heavy (non-hydrogen) atoms. The maximum atomic E-state index is 11.0. The first-order chi connectivity index (χ1) is 7.56. The van der Waals surface area contributed by atoms with Crippen molar-refractivity contribution in [2.75, 3.05) is 26.5 Å². The Morgan fingerprint density at radius 3 is 2.44 bits per heavy atom. The molecule has 0 aromatic rings. The van der Waals surface area contributed by atoms with Crippen LogP contribution in [0.1, 0.15) is 6.42 Å². The molecule has 0 unspecified atom stereocenters. The van der Waals surface area contributed by atoms with Gasteiger partial charge in [-0.05, 0) is 0 Å². The molecule has 0 aromatic carbocycles. The van der Waals surface area contributed by atoms with Crippen molar-refractivity contribution in [1.82, 2.24) is 10.6 Å². The minimum atomic E-state index is -0.634. The lowest BCUT2D eigenvalue weighted by molar-refractivity contribution is -0.127. The molecule has 8 heteroatoms. The van der Waals surface area contributed by atoms with Crippen LogP contribution in [0, 0.1) is 0 Å². The summed E-state index contributed by atoms with van der Waals surface area (Å²) in [5.41, 5.74) is -0.634. The predicted octanol–water partition coefficient (Wildman–Crippen LogP) is -2.73. The molecule has 0 aliphatic heterocycles. The van der Waals surface area contributed by atoms with E-state index in [9.17, 15) is 14.4 Å². The van der Waals surface area contributed by atoms with Gasteiger partial charge in [0.2, 0.25) is 11.8 Å². The second-order valence-electron chi connectivity index (χ2n) is 2.81. The van der Waals surface area contributed by atoms with Gasteiger partial charge in [0.25, 0.3) is 0 Å². The van der Waals surface area contributed by atoms with Crippen LogP contribution in [0.15, 0.2) is 0 Å². The highest BCUT2D eigenvalue weighted by Gasteiger charge is 2.04. The quantitative estimate of drug-likeness (QED) is 0.237. The summed E-state index contributed by atoms with van der Waals surface area (Å²) in [7, 11) is 4.78. The fraction of sp³-hybridized carbons (Fsp3) is 0.625. The van der Waals surface area contributed by atoms with E-state index >= 15 is 0 Å². The summed E-state index contributed by atoms with van der Waals surface area (Å²) in [4.78, 5) is 32.1. The van der Waals surface area contributed by atoms with E-state index in [0.29, 0.717) is 0 Å². The molecule has 0 aromatic heterocycles. The van der Waals surface area contributed by atoms with Gasteiger partial charge in [0.1, 0.15) is 12.4 Å². The van der Waals surface area contributed by atoms with Gasteiger partial charge in [-0.15, -0.1) is 0 Å². The van der Waals surface area contributed by atoms with Gasteiger partial charge in [0.15, 0.2) is 7.85 Å². The SMILES string of the molecule is [B]C(=O)COCNC(=O)CNC(=O)CCO. The summed E-state index contributed by atoms with van der Waals surface area (Å²) in [6, 6.07) is 0. The fourth-order valence-electron chi connectivity index (χ4n) is 0.714. The standard InChI is InChI=1S/C8H13BN2O5/c9-6(13)4-16-5-11-8(15)3-10-7(14)1-2-12/h12H,1-5H2,(H,10,14)(H,11,15). The zero-order chi connectivity index (χ0) is 12.4. The fourth-order valence-corrected chi connectivity index (χ4v) is 0.714. The van der Waals surface area contributed by atoms with Crippen molar-refractivity contribution in [3.05, 3.63) is 0 Å². The van der Waals surface area contributed by atoms with Crippen molar-refractivity contribution in [3.63, 3.8) is 0 Å². The summed E-state index contributed by atoms with van der Waals surface area (Å²) < 4.78 is 4.66. The Labute approximate surface area is 93.9 Å². The van der Waals surface area contributed by atoms with Gasteiger partial charge in [-0.1, -0.05) is 0 Å². The summed E-state index contributed by atoms with van der Waals surface area (Å²) in [6.07, 6.45) is -0.0501. The van der Waals surface area contributed by atoms with Gasteiger partial charge in [0.05, 0.1) is 19.8 Å². The van der Waals surface area contributed by atoms with E-state index in [4.69, 9.17) is 13.0 Å². The molecule has 0 fully saturated rings. The van der Waals surface area contributed by atoms with Crippen molar-refractivity contribution in [3.8, 4) is 0 Å². The van der Waals surface area contributed by atoms with Gasteiger partial charge in [-0.2, -0.15) is 0 Å². The summed E-state index contributed by atoms with van der Waals surface area (Å²) >= 11 is 0. The summed E-state index contributed by atoms with van der Waals surface area (Å²) in [5.74, 6) is -0.883. The highest BCUT2D eigenvalue weighted by Crippen LogP contribution is 1.76. The number of rotatable bonds is 8.